The second kappa shape index (κ2) is 7.46. The molecule has 0 saturated carbocycles. The van der Waals surface area contributed by atoms with Gasteiger partial charge in [-0.1, -0.05) is 6.07 Å². The van der Waals surface area contributed by atoms with E-state index in [0.29, 0.717) is 6.54 Å². The molecule has 0 aliphatic heterocycles. The first kappa shape index (κ1) is 17.5. The summed E-state index contributed by atoms with van der Waals surface area (Å²) in [6.07, 6.45) is 2.64. The molecule has 0 heterocycles. The van der Waals surface area contributed by atoms with E-state index in [1.165, 1.54) is 11.1 Å². The molecule has 1 rings (SSSR count). The molecule has 0 aromatic heterocycles. The Kier molecular flexibility index (Phi) is 6.21. The van der Waals surface area contributed by atoms with Crippen LogP contribution in [0.5, 0.6) is 0 Å². The lowest BCUT2D eigenvalue weighted by molar-refractivity contribution is 0.0636. The molecule has 1 amide bonds. The first-order valence-electron chi connectivity index (χ1n) is 7.53. The second-order valence-electron chi connectivity index (χ2n) is 6.46. The van der Waals surface area contributed by atoms with E-state index in [1.807, 2.05) is 33.8 Å². The number of anilines is 1. The van der Waals surface area contributed by atoms with Crippen LogP contribution in [-0.4, -0.2) is 18.2 Å². The van der Waals surface area contributed by atoms with Crippen LogP contribution in [0.25, 0.3) is 0 Å². The molecule has 0 aliphatic carbocycles. The van der Waals surface area contributed by atoms with E-state index in [0.717, 1.165) is 30.5 Å². The van der Waals surface area contributed by atoms with Crippen LogP contribution < -0.4 is 11.1 Å². The molecule has 0 saturated heterocycles. The fraction of sp³-hybridized carbons (Fsp3) is 0.588. The number of amides is 1. The number of carbonyl (C=O) groups excluding carboxylic acids is 1. The van der Waals surface area contributed by atoms with Crippen molar-refractivity contribution in [3.63, 3.8) is 0 Å². The Balaban J connectivity index is 2.83. The van der Waals surface area contributed by atoms with Crippen molar-refractivity contribution >= 4 is 11.8 Å². The number of unbranched alkanes of at least 4 members (excludes halogenated alkanes) is 1. The van der Waals surface area contributed by atoms with Crippen LogP contribution in [0.4, 0.5) is 10.5 Å². The molecule has 0 radical (unpaired) electrons. The average Bonchev–Trinajstić information content (AvgIpc) is 2.33. The quantitative estimate of drug-likeness (QED) is 0.808. The van der Waals surface area contributed by atoms with Gasteiger partial charge in [-0.2, -0.15) is 0 Å². The highest BCUT2D eigenvalue weighted by atomic mass is 16.6. The average molecular weight is 292 g/mol. The van der Waals surface area contributed by atoms with Gasteiger partial charge in [0.25, 0.3) is 0 Å². The van der Waals surface area contributed by atoms with Gasteiger partial charge in [-0.3, -0.25) is 5.32 Å². The van der Waals surface area contributed by atoms with Crippen molar-refractivity contribution in [2.75, 3.05) is 11.9 Å². The summed E-state index contributed by atoms with van der Waals surface area (Å²) >= 11 is 0. The maximum Gasteiger partial charge on any atom is 0.412 e. The first-order valence-corrected chi connectivity index (χ1v) is 7.53. The van der Waals surface area contributed by atoms with Gasteiger partial charge in [-0.05, 0) is 83.2 Å². The molecular formula is C17H28N2O2. The summed E-state index contributed by atoms with van der Waals surface area (Å²) in [7, 11) is 0. The summed E-state index contributed by atoms with van der Waals surface area (Å²) in [5.41, 5.74) is 9.32. The third-order valence-electron chi connectivity index (χ3n) is 3.28. The number of nitrogens with one attached hydrogen (secondary N) is 1. The molecule has 4 heteroatoms. The molecule has 1 aromatic carbocycles. The second-order valence-corrected chi connectivity index (χ2v) is 6.46. The lowest BCUT2D eigenvalue weighted by Gasteiger charge is -2.21. The molecule has 0 fully saturated rings. The van der Waals surface area contributed by atoms with Crippen LogP contribution in [0.15, 0.2) is 12.1 Å². The largest absolute Gasteiger partial charge is 0.444 e. The van der Waals surface area contributed by atoms with E-state index in [1.54, 1.807) is 0 Å². The number of hydrogen-bond donors (Lipinski definition) is 2. The molecule has 21 heavy (non-hydrogen) atoms. The molecule has 0 atom stereocenters. The maximum absolute atomic E-state index is 11.9. The van der Waals surface area contributed by atoms with Crippen LogP contribution in [0.1, 0.15) is 50.3 Å². The Hall–Kier alpha value is -1.55. The molecule has 0 aliphatic rings. The fourth-order valence-corrected chi connectivity index (χ4v) is 2.10. The monoisotopic (exact) mass is 292 g/mol. The number of hydrogen-bond acceptors (Lipinski definition) is 3. The van der Waals surface area contributed by atoms with Gasteiger partial charge >= 0.3 is 6.09 Å². The summed E-state index contributed by atoms with van der Waals surface area (Å²) in [6.45, 7) is 10.3. The number of benzene rings is 1. The predicted molar refractivity (Wildman–Crippen MR) is 87.8 cm³/mol. The minimum atomic E-state index is -0.494. The van der Waals surface area contributed by atoms with Crippen LogP contribution in [-0.2, 0) is 11.2 Å². The Labute approximate surface area is 128 Å². The van der Waals surface area contributed by atoms with E-state index >= 15 is 0 Å². The van der Waals surface area contributed by atoms with E-state index < -0.39 is 11.7 Å². The molecule has 118 valence electrons. The zero-order valence-corrected chi connectivity index (χ0v) is 13.9. The van der Waals surface area contributed by atoms with Crippen molar-refractivity contribution in [1.82, 2.24) is 0 Å². The fourth-order valence-electron chi connectivity index (χ4n) is 2.10. The minimum absolute atomic E-state index is 0.413. The van der Waals surface area contributed by atoms with Crippen LogP contribution in [0, 0.1) is 13.8 Å². The Bertz CT molecular complexity index is 490. The van der Waals surface area contributed by atoms with Gasteiger partial charge in [0.1, 0.15) is 5.60 Å². The summed E-state index contributed by atoms with van der Waals surface area (Å²) < 4.78 is 5.31. The van der Waals surface area contributed by atoms with E-state index in [9.17, 15) is 4.79 Å². The van der Waals surface area contributed by atoms with E-state index in [2.05, 4.69) is 18.3 Å². The normalized spacial score (nSPS) is 11.3. The molecule has 0 bridgehead atoms. The number of ether oxygens (including phenoxy) is 1. The highest BCUT2D eigenvalue weighted by Crippen LogP contribution is 2.23. The van der Waals surface area contributed by atoms with Crippen LogP contribution in [0.3, 0.4) is 0 Å². The van der Waals surface area contributed by atoms with Gasteiger partial charge in [0.2, 0.25) is 0 Å². The zero-order chi connectivity index (χ0) is 16.0. The predicted octanol–water partition coefficient (Wildman–Crippen LogP) is 3.93. The smallest absolute Gasteiger partial charge is 0.412 e. The van der Waals surface area contributed by atoms with Crippen molar-refractivity contribution in [2.45, 2.75) is 59.5 Å². The molecule has 0 unspecified atom stereocenters. The Morgan fingerprint density at radius 1 is 1.24 bits per heavy atom. The summed E-state index contributed by atoms with van der Waals surface area (Å²) in [5.74, 6) is 0. The van der Waals surface area contributed by atoms with Gasteiger partial charge in [-0.15, -0.1) is 0 Å². The zero-order valence-electron chi connectivity index (χ0n) is 13.9. The highest BCUT2D eigenvalue weighted by molar-refractivity contribution is 5.86. The SMILES string of the molecule is Cc1cc(CCCCN)cc(NC(=O)OC(C)(C)C)c1C. The van der Waals surface area contributed by atoms with Crippen molar-refractivity contribution in [3.8, 4) is 0 Å². The van der Waals surface area contributed by atoms with Crippen molar-refractivity contribution in [1.29, 1.82) is 0 Å². The van der Waals surface area contributed by atoms with E-state index in [-0.39, 0.29) is 0 Å². The first-order chi connectivity index (χ1) is 9.73. The lowest BCUT2D eigenvalue weighted by Crippen LogP contribution is -2.27. The molecule has 4 nitrogen and oxygen atoms in total. The number of rotatable bonds is 5. The summed E-state index contributed by atoms with van der Waals surface area (Å²) in [6, 6.07) is 4.20. The maximum atomic E-state index is 11.9. The molecule has 0 spiro atoms. The van der Waals surface area contributed by atoms with Gasteiger partial charge in [-0.25, -0.2) is 4.79 Å². The lowest BCUT2D eigenvalue weighted by atomic mass is 10.0. The number of nitrogens with two attached hydrogens (primary N) is 1. The standard InChI is InChI=1S/C17H28N2O2/c1-12-10-14(8-6-7-9-18)11-15(13(12)2)19-16(20)21-17(3,4)5/h10-11H,6-9,18H2,1-5H3,(H,19,20). The third kappa shape index (κ3) is 6.17. The Morgan fingerprint density at radius 3 is 2.48 bits per heavy atom. The van der Waals surface area contributed by atoms with E-state index in [4.69, 9.17) is 10.5 Å². The van der Waals surface area contributed by atoms with Crippen molar-refractivity contribution in [3.05, 3.63) is 28.8 Å². The van der Waals surface area contributed by atoms with Crippen LogP contribution in [0.2, 0.25) is 0 Å². The van der Waals surface area contributed by atoms with Crippen LogP contribution >= 0.6 is 0 Å². The summed E-state index contributed by atoms with van der Waals surface area (Å²) in [4.78, 5) is 11.9. The van der Waals surface area contributed by atoms with Crippen molar-refractivity contribution < 1.29 is 9.53 Å². The number of carbonyl (C=O) groups is 1. The topological polar surface area (TPSA) is 64.3 Å². The Morgan fingerprint density at radius 2 is 1.90 bits per heavy atom. The number of aryl methyl sites for hydroxylation is 2. The van der Waals surface area contributed by atoms with Gasteiger partial charge in [0, 0.05) is 5.69 Å². The van der Waals surface area contributed by atoms with Crippen molar-refractivity contribution in [2.24, 2.45) is 5.73 Å². The summed E-state index contributed by atoms with van der Waals surface area (Å²) in [5, 5.41) is 2.85. The molecule has 3 N–H and O–H groups in total. The van der Waals surface area contributed by atoms with Gasteiger partial charge in [0.15, 0.2) is 0 Å². The van der Waals surface area contributed by atoms with Gasteiger partial charge < -0.3 is 10.5 Å². The van der Waals surface area contributed by atoms with Gasteiger partial charge in [0.05, 0.1) is 0 Å². The minimum Gasteiger partial charge on any atom is -0.444 e. The third-order valence-corrected chi connectivity index (χ3v) is 3.28. The molecule has 1 aromatic rings. The highest BCUT2D eigenvalue weighted by Gasteiger charge is 2.17. The molecular weight excluding hydrogens is 264 g/mol.